The van der Waals surface area contributed by atoms with Gasteiger partial charge in [0.05, 0.1) is 10.6 Å². The van der Waals surface area contributed by atoms with Crippen LogP contribution in [0, 0.1) is 5.82 Å². The third kappa shape index (κ3) is 3.00. The smallest absolute Gasteiger partial charge is 0.260 e. The maximum atomic E-state index is 13.7. The first kappa shape index (κ1) is 14.7. The van der Waals surface area contributed by atoms with Gasteiger partial charge in [0.1, 0.15) is 10.8 Å². The molecule has 3 rings (SSSR count). The molecule has 0 radical (unpaired) electrons. The fraction of sp³-hybridized carbons (Fsp3) is 0. The number of carbonyl (C=O) groups is 1. The van der Waals surface area contributed by atoms with E-state index in [9.17, 15) is 9.18 Å². The summed E-state index contributed by atoms with van der Waals surface area (Å²) in [6.45, 7) is 0. The average molecular weight is 333 g/mol. The molecule has 1 N–H and O–H groups in total. The van der Waals surface area contributed by atoms with Gasteiger partial charge in [-0.05, 0) is 36.4 Å². The Bertz CT molecular complexity index is 783. The number of hydrogen-bond donors (Lipinski definition) is 1. The zero-order valence-corrected chi connectivity index (χ0v) is 12.8. The first-order valence-electron chi connectivity index (χ1n) is 6.40. The number of thiazole rings is 1. The molecule has 0 saturated heterocycles. The van der Waals surface area contributed by atoms with Crippen LogP contribution in [0.5, 0.6) is 0 Å². The zero-order valence-electron chi connectivity index (χ0n) is 11.2. The molecule has 0 bridgehead atoms. The van der Waals surface area contributed by atoms with Crippen molar-refractivity contribution in [1.82, 2.24) is 4.98 Å². The van der Waals surface area contributed by atoms with Crippen LogP contribution in [0.1, 0.15) is 10.4 Å². The fourth-order valence-electron chi connectivity index (χ4n) is 1.97. The summed E-state index contributed by atoms with van der Waals surface area (Å²) in [4.78, 5) is 16.3. The molecule has 0 unspecified atom stereocenters. The normalized spacial score (nSPS) is 10.5. The molecule has 3 nitrogen and oxygen atoms in total. The second kappa shape index (κ2) is 6.25. The summed E-state index contributed by atoms with van der Waals surface area (Å²) in [6, 6.07) is 11.3. The first-order valence-corrected chi connectivity index (χ1v) is 7.66. The van der Waals surface area contributed by atoms with E-state index >= 15 is 0 Å². The molecule has 110 valence electrons. The molecule has 1 heterocycles. The molecule has 0 aliphatic rings. The Morgan fingerprint density at radius 2 is 1.95 bits per heavy atom. The van der Waals surface area contributed by atoms with Crippen LogP contribution in [0.15, 0.2) is 54.0 Å². The van der Waals surface area contributed by atoms with Gasteiger partial charge in [-0.25, -0.2) is 9.37 Å². The lowest BCUT2D eigenvalue weighted by Crippen LogP contribution is -2.14. The van der Waals surface area contributed by atoms with Gasteiger partial charge in [0.25, 0.3) is 5.91 Å². The number of rotatable bonds is 3. The van der Waals surface area contributed by atoms with Crippen LogP contribution in [-0.2, 0) is 0 Å². The van der Waals surface area contributed by atoms with Gasteiger partial charge in [0.15, 0.2) is 0 Å². The lowest BCUT2D eigenvalue weighted by molar-refractivity contribution is 0.102. The Morgan fingerprint density at radius 1 is 1.18 bits per heavy atom. The second-order valence-corrected chi connectivity index (χ2v) is 5.77. The number of amides is 1. The number of aromatic nitrogens is 1. The number of anilines is 1. The molecule has 3 aromatic rings. The van der Waals surface area contributed by atoms with E-state index in [-0.39, 0.29) is 10.6 Å². The van der Waals surface area contributed by atoms with E-state index < -0.39 is 11.7 Å². The highest BCUT2D eigenvalue weighted by atomic mass is 35.5. The van der Waals surface area contributed by atoms with Gasteiger partial charge in [-0.15, -0.1) is 11.3 Å². The largest absolute Gasteiger partial charge is 0.322 e. The van der Waals surface area contributed by atoms with Crippen LogP contribution in [0.2, 0.25) is 5.02 Å². The van der Waals surface area contributed by atoms with Crippen molar-refractivity contribution >= 4 is 34.5 Å². The summed E-state index contributed by atoms with van der Waals surface area (Å²) >= 11 is 7.41. The van der Waals surface area contributed by atoms with Crippen molar-refractivity contribution in [3.63, 3.8) is 0 Å². The number of nitrogens with one attached hydrogen (secondary N) is 1. The van der Waals surface area contributed by atoms with Crippen LogP contribution in [-0.4, -0.2) is 10.9 Å². The standard InChI is InChI=1S/C16H10ClFN2OS/c17-12-2-1-3-13(18)14(12)15(21)20-11-6-4-10(5-7-11)16-19-8-9-22-16/h1-9H,(H,20,21). The molecule has 0 saturated carbocycles. The summed E-state index contributed by atoms with van der Waals surface area (Å²) in [5.74, 6) is -1.23. The molecule has 0 atom stereocenters. The number of benzene rings is 2. The summed E-state index contributed by atoms with van der Waals surface area (Å²) < 4.78 is 13.7. The molecule has 1 amide bonds. The van der Waals surface area contributed by atoms with Gasteiger partial charge in [0, 0.05) is 22.8 Å². The summed E-state index contributed by atoms with van der Waals surface area (Å²) in [6.07, 6.45) is 1.73. The van der Waals surface area contributed by atoms with E-state index in [1.54, 1.807) is 18.3 Å². The molecule has 0 fully saturated rings. The quantitative estimate of drug-likeness (QED) is 0.744. The summed E-state index contributed by atoms with van der Waals surface area (Å²) in [5, 5.41) is 5.50. The van der Waals surface area contributed by atoms with Gasteiger partial charge in [-0.3, -0.25) is 4.79 Å². The van der Waals surface area contributed by atoms with E-state index in [0.29, 0.717) is 5.69 Å². The lowest BCUT2D eigenvalue weighted by Gasteiger charge is -2.08. The lowest BCUT2D eigenvalue weighted by atomic mass is 10.1. The van der Waals surface area contributed by atoms with Crippen LogP contribution < -0.4 is 5.32 Å². The minimum atomic E-state index is -0.649. The van der Waals surface area contributed by atoms with Crippen molar-refractivity contribution in [3.8, 4) is 10.6 Å². The topological polar surface area (TPSA) is 42.0 Å². The van der Waals surface area contributed by atoms with Crippen molar-refractivity contribution in [2.45, 2.75) is 0 Å². The second-order valence-electron chi connectivity index (χ2n) is 4.47. The summed E-state index contributed by atoms with van der Waals surface area (Å²) in [5.41, 5.74) is 1.36. The van der Waals surface area contributed by atoms with E-state index in [2.05, 4.69) is 10.3 Å². The van der Waals surface area contributed by atoms with Gasteiger partial charge < -0.3 is 5.32 Å². The van der Waals surface area contributed by atoms with Crippen LogP contribution in [0.3, 0.4) is 0 Å². The Balaban J connectivity index is 1.80. The molecular weight excluding hydrogens is 323 g/mol. The first-order chi connectivity index (χ1) is 10.6. The maximum Gasteiger partial charge on any atom is 0.260 e. The maximum absolute atomic E-state index is 13.7. The molecule has 0 aliphatic heterocycles. The Morgan fingerprint density at radius 3 is 2.59 bits per heavy atom. The van der Waals surface area contributed by atoms with Gasteiger partial charge >= 0.3 is 0 Å². The average Bonchev–Trinajstić information content (AvgIpc) is 3.02. The van der Waals surface area contributed by atoms with Crippen molar-refractivity contribution in [2.24, 2.45) is 0 Å². The zero-order chi connectivity index (χ0) is 15.5. The van der Waals surface area contributed by atoms with Gasteiger partial charge in [-0.1, -0.05) is 17.7 Å². The summed E-state index contributed by atoms with van der Waals surface area (Å²) in [7, 11) is 0. The Hall–Kier alpha value is -2.24. The minimum absolute atomic E-state index is 0.0805. The molecule has 22 heavy (non-hydrogen) atoms. The molecule has 0 spiro atoms. The molecule has 0 aliphatic carbocycles. The minimum Gasteiger partial charge on any atom is -0.322 e. The van der Waals surface area contributed by atoms with E-state index in [1.165, 1.54) is 29.5 Å². The molecule has 2 aromatic carbocycles. The third-order valence-corrected chi connectivity index (χ3v) is 4.15. The number of nitrogens with zero attached hydrogens (tertiary/aromatic N) is 1. The molecular formula is C16H10ClFN2OS. The number of halogens is 2. The SMILES string of the molecule is O=C(Nc1ccc(-c2nccs2)cc1)c1c(F)cccc1Cl. The van der Waals surface area contributed by atoms with E-state index in [1.807, 2.05) is 17.5 Å². The van der Waals surface area contributed by atoms with Crippen LogP contribution in [0.4, 0.5) is 10.1 Å². The Kier molecular flexibility index (Phi) is 4.18. The van der Waals surface area contributed by atoms with Crippen LogP contribution in [0.25, 0.3) is 10.6 Å². The number of carbonyl (C=O) groups excluding carboxylic acids is 1. The van der Waals surface area contributed by atoms with Gasteiger partial charge in [-0.2, -0.15) is 0 Å². The molecule has 1 aromatic heterocycles. The third-order valence-electron chi connectivity index (χ3n) is 3.01. The predicted molar refractivity (Wildman–Crippen MR) is 86.9 cm³/mol. The highest BCUT2D eigenvalue weighted by Gasteiger charge is 2.15. The van der Waals surface area contributed by atoms with Crippen LogP contribution >= 0.6 is 22.9 Å². The number of hydrogen-bond acceptors (Lipinski definition) is 3. The van der Waals surface area contributed by atoms with Crippen molar-refractivity contribution in [1.29, 1.82) is 0 Å². The van der Waals surface area contributed by atoms with Crippen molar-refractivity contribution in [2.75, 3.05) is 5.32 Å². The molecule has 6 heteroatoms. The predicted octanol–water partition coefficient (Wildman–Crippen LogP) is 4.85. The van der Waals surface area contributed by atoms with Crippen molar-refractivity contribution < 1.29 is 9.18 Å². The fourth-order valence-corrected chi connectivity index (χ4v) is 2.86. The monoisotopic (exact) mass is 332 g/mol. The van der Waals surface area contributed by atoms with E-state index in [4.69, 9.17) is 11.6 Å². The van der Waals surface area contributed by atoms with E-state index in [0.717, 1.165) is 10.6 Å². The highest BCUT2D eigenvalue weighted by Crippen LogP contribution is 2.24. The Labute approximate surface area is 135 Å². The highest BCUT2D eigenvalue weighted by molar-refractivity contribution is 7.13. The van der Waals surface area contributed by atoms with Crippen molar-refractivity contribution in [3.05, 3.63) is 70.4 Å². The van der Waals surface area contributed by atoms with Gasteiger partial charge in [0.2, 0.25) is 0 Å².